The molecule has 138 valence electrons. The van der Waals surface area contributed by atoms with Crippen molar-refractivity contribution in [1.29, 1.82) is 0 Å². The van der Waals surface area contributed by atoms with E-state index in [0.29, 0.717) is 18.7 Å². The summed E-state index contributed by atoms with van der Waals surface area (Å²) >= 11 is 0. The van der Waals surface area contributed by atoms with Crippen molar-refractivity contribution in [2.24, 2.45) is 0 Å². The highest BCUT2D eigenvalue weighted by atomic mass is 16.5. The van der Waals surface area contributed by atoms with Gasteiger partial charge in [0.2, 0.25) is 5.91 Å². The average Bonchev–Trinajstić information content (AvgIpc) is 3.17. The van der Waals surface area contributed by atoms with Crippen LogP contribution in [0.3, 0.4) is 0 Å². The highest BCUT2D eigenvalue weighted by Gasteiger charge is 2.35. The van der Waals surface area contributed by atoms with E-state index in [1.165, 1.54) is 18.4 Å². The largest absolute Gasteiger partial charge is 0.497 e. The fraction of sp³-hybridized carbons (Fsp3) is 0.409. The molecule has 0 bridgehead atoms. The first-order chi connectivity index (χ1) is 12.7. The number of carbonyl (C=O) groups excluding carboxylic acids is 1. The molecular weight excluding hydrogens is 326 g/mol. The minimum Gasteiger partial charge on any atom is -0.497 e. The monoisotopic (exact) mass is 353 g/mol. The van der Waals surface area contributed by atoms with Crippen molar-refractivity contribution in [3.05, 3.63) is 59.7 Å². The molecule has 1 aliphatic rings. The first kappa shape index (κ1) is 18.3. The van der Waals surface area contributed by atoms with Gasteiger partial charge in [-0.15, -0.1) is 0 Å². The lowest BCUT2D eigenvalue weighted by Gasteiger charge is -2.30. The van der Waals surface area contributed by atoms with Crippen LogP contribution in [-0.2, 0) is 16.6 Å². The van der Waals surface area contributed by atoms with Crippen molar-refractivity contribution in [1.82, 2.24) is 5.32 Å². The number of hydrogen-bond acceptors (Lipinski definition) is 3. The van der Waals surface area contributed by atoms with Gasteiger partial charge >= 0.3 is 0 Å². The van der Waals surface area contributed by atoms with Gasteiger partial charge in [0, 0.05) is 23.6 Å². The van der Waals surface area contributed by atoms with Crippen molar-refractivity contribution in [2.45, 2.75) is 37.5 Å². The first-order valence-corrected chi connectivity index (χ1v) is 9.20. The molecule has 1 N–H and O–H groups in total. The first-order valence-electron chi connectivity index (χ1n) is 9.20. The van der Waals surface area contributed by atoms with Crippen LogP contribution in [0.15, 0.2) is 48.5 Å². The second-order valence-electron chi connectivity index (χ2n) is 6.98. The maximum atomic E-state index is 12.6. The van der Waals surface area contributed by atoms with Crippen LogP contribution >= 0.6 is 0 Å². The number of nitrogens with one attached hydrogen (secondary N) is 1. The molecule has 4 heteroatoms. The normalized spacial score (nSPS) is 15.5. The summed E-state index contributed by atoms with van der Waals surface area (Å²) < 4.78 is 10.6. The zero-order valence-electron chi connectivity index (χ0n) is 15.6. The van der Waals surface area contributed by atoms with Gasteiger partial charge in [-0.2, -0.15) is 0 Å². The van der Waals surface area contributed by atoms with Crippen molar-refractivity contribution >= 4 is 5.91 Å². The second kappa shape index (κ2) is 8.26. The molecule has 0 saturated heterocycles. The van der Waals surface area contributed by atoms with E-state index in [-0.39, 0.29) is 11.3 Å². The molecule has 0 radical (unpaired) electrons. The zero-order valence-corrected chi connectivity index (χ0v) is 15.6. The maximum Gasteiger partial charge on any atom is 0.224 e. The van der Waals surface area contributed by atoms with Gasteiger partial charge in [-0.3, -0.25) is 4.79 Å². The third kappa shape index (κ3) is 4.01. The molecule has 2 aromatic carbocycles. The fourth-order valence-electron chi connectivity index (χ4n) is 3.91. The predicted molar refractivity (Wildman–Crippen MR) is 103 cm³/mol. The van der Waals surface area contributed by atoms with E-state index < -0.39 is 0 Å². The Bertz CT molecular complexity index is 736. The standard InChI is InChI=1S/C22H27NO3/c1-25-19-11-10-17(20(15-19)26-2)14-21(24)23-16-22(12-6-7-13-22)18-8-4-3-5-9-18/h3-5,8-11,15H,6-7,12-14,16H2,1-2H3,(H,23,24). The number of methoxy groups -OCH3 is 2. The Morgan fingerprint density at radius 3 is 2.42 bits per heavy atom. The number of benzene rings is 2. The third-order valence-electron chi connectivity index (χ3n) is 5.42. The molecular formula is C22H27NO3. The Morgan fingerprint density at radius 1 is 1.04 bits per heavy atom. The minimum atomic E-state index is 0.0238. The van der Waals surface area contributed by atoms with Gasteiger partial charge < -0.3 is 14.8 Å². The summed E-state index contributed by atoms with van der Waals surface area (Å²) in [7, 11) is 3.23. The molecule has 0 atom stereocenters. The van der Waals surface area contributed by atoms with Crippen LogP contribution in [0.1, 0.15) is 36.8 Å². The van der Waals surface area contributed by atoms with Crippen LogP contribution in [0.2, 0.25) is 0 Å². The summed E-state index contributed by atoms with van der Waals surface area (Å²) in [6.07, 6.45) is 5.00. The van der Waals surface area contributed by atoms with Crippen LogP contribution in [0.5, 0.6) is 11.5 Å². The lowest BCUT2D eigenvalue weighted by atomic mass is 9.79. The highest BCUT2D eigenvalue weighted by molar-refractivity contribution is 5.79. The molecule has 0 heterocycles. The van der Waals surface area contributed by atoms with E-state index in [0.717, 1.165) is 24.2 Å². The molecule has 0 aromatic heterocycles. The van der Waals surface area contributed by atoms with Crippen molar-refractivity contribution in [2.75, 3.05) is 20.8 Å². The Kier molecular flexibility index (Phi) is 5.82. The maximum absolute atomic E-state index is 12.6. The molecule has 0 aliphatic heterocycles. The van der Waals surface area contributed by atoms with E-state index >= 15 is 0 Å². The zero-order chi connectivity index (χ0) is 18.4. The van der Waals surface area contributed by atoms with E-state index in [1.807, 2.05) is 24.3 Å². The summed E-state index contributed by atoms with van der Waals surface area (Å²) in [6.45, 7) is 0.689. The van der Waals surface area contributed by atoms with E-state index in [9.17, 15) is 4.79 Å². The number of amides is 1. The van der Waals surface area contributed by atoms with Crippen LogP contribution in [-0.4, -0.2) is 26.7 Å². The van der Waals surface area contributed by atoms with Crippen molar-refractivity contribution < 1.29 is 14.3 Å². The number of rotatable bonds is 7. The van der Waals surface area contributed by atoms with Gasteiger partial charge in [0.25, 0.3) is 0 Å². The Morgan fingerprint density at radius 2 is 1.77 bits per heavy atom. The van der Waals surface area contributed by atoms with Crippen LogP contribution in [0, 0.1) is 0 Å². The smallest absolute Gasteiger partial charge is 0.224 e. The summed E-state index contributed by atoms with van der Waals surface area (Å²) in [5.41, 5.74) is 2.27. The Hall–Kier alpha value is -2.49. The minimum absolute atomic E-state index is 0.0238. The topological polar surface area (TPSA) is 47.6 Å². The van der Waals surface area contributed by atoms with Crippen LogP contribution in [0.25, 0.3) is 0 Å². The van der Waals surface area contributed by atoms with Crippen LogP contribution < -0.4 is 14.8 Å². The SMILES string of the molecule is COc1ccc(CC(=O)NCC2(c3ccccc3)CCCC2)c(OC)c1. The average molecular weight is 353 g/mol. The van der Waals surface area contributed by atoms with Crippen LogP contribution in [0.4, 0.5) is 0 Å². The van der Waals surface area contributed by atoms with E-state index in [1.54, 1.807) is 14.2 Å². The lowest BCUT2D eigenvalue weighted by Crippen LogP contribution is -2.39. The highest BCUT2D eigenvalue weighted by Crippen LogP contribution is 2.40. The molecule has 2 aromatic rings. The summed E-state index contributed by atoms with van der Waals surface area (Å²) in [4.78, 5) is 12.6. The predicted octanol–water partition coefficient (Wildman–Crippen LogP) is 3.87. The molecule has 0 unspecified atom stereocenters. The molecule has 0 spiro atoms. The fourth-order valence-corrected chi connectivity index (χ4v) is 3.91. The number of ether oxygens (including phenoxy) is 2. The van der Waals surface area contributed by atoms with E-state index in [2.05, 4.69) is 29.6 Å². The van der Waals surface area contributed by atoms with Crippen molar-refractivity contribution in [3.63, 3.8) is 0 Å². The van der Waals surface area contributed by atoms with Gasteiger partial charge in [-0.05, 0) is 24.5 Å². The summed E-state index contributed by atoms with van der Waals surface area (Å²) in [5.74, 6) is 1.42. The summed E-state index contributed by atoms with van der Waals surface area (Å²) in [6, 6.07) is 16.1. The molecule has 3 rings (SSSR count). The van der Waals surface area contributed by atoms with Gasteiger partial charge in [-0.25, -0.2) is 0 Å². The lowest BCUT2D eigenvalue weighted by molar-refractivity contribution is -0.120. The van der Waals surface area contributed by atoms with Gasteiger partial charge in [0.1, 0.15) is 11.5 Å². The molecule has 26 heavy (non-hydrogen) atoms. The Balaban J connectivity index is 1.67. The molecule has 1 saturated carbocycles. The quantitative estimate of drug-likeness (QED) is 0.822. The molecule has 1 fully saturated rings. The van der Waals surface area contributed by atoms with Gasteiger partial charge in [0.05, 0.1) is 20.6 Å². The van der Waals surface area contributed by atoms with Gasteiger partial charge in [-0.1, -0.05) is 49.2 Å². The molecule has 1 aliphatic carbocycles. The third-order valence-corrected chi connectivity index (χ3v) is 5.42. The summed E-state index contributed by atoms with van der Waals surface area (Å²) in [5, 5.41) is 3.17. The number of carbonyl (C=O) groups is 1. The van der Waals surface area contributed by atoms with Gasteiger partial charge in [0.15, 0.2) is 0 Å². The number of hydrogen-bond donors (Lipinski definition) is 1. The Labute approximate surface area is 155 Å². The van der Waals surface area contributed by atoms with E-state index in [4.69, 9.17) is 9.47 Å². The van der Waals surface area contributed by atoms with Crippen molar-refractivity contribution in [3.8, 4) is 11.5 Å². The second-order valence-corrected chi connectivity index (χ2v) is 6.98. The molecule has 4 nitrogen and oxygen atoms in total. The molecule has 1 amide bonds.